The Labute approximate surface area is 260 Å². The van der Waals surface area contributed by atoms with E-state index in [1.165, 1.54) is 80.9 Å². The normalized spacial score (nSPS) is 11.5. The van der Waals surface area contributed by atoms with Gasteiger partial charge in [0.05, 0.1) is 35.4 Å². The summed E-state index contributed by atoms with van der Waals surface area (Å²) in [6.45, 7) is 1.09. The van der Waals surface area contributed by atoms with E-state index in [0.717, 1.165) is 4.31 Å². The van der Waals surface area contributed by atoms with E-state index in [9.17, 15) is 21.6 Å². The molecule has 0 aliphatic heterocycles. The molecule has 4 aromatic carbocycles. The van der Waals surface area contributed by atoms with Crippen molar-refractivity contribution < 1.29 is 31.1 Å². The molecule has 4 rings (SSSR count). The first-order valence-electron chi connectivity index (χ1n) is 12.5. The highest BCUT2D eigenvalue weighted by atomic mass is 35.5. The number of nitrogens with one attached hydrogen (secondary N) is 2. The van der Waals surface area contributed by atoms with Crippen molar-refractivity contribution in [3.05, 3.63) is 101 Å². The summed E-state index contributed by atoms with van der Waals surface area (Å²) in [7, 11) is -5.43. The van der Waals surface area contributed by atoms with E-state index >= 15 is 0 Å². The Morgan fingerprint density at radius 3 is 2.07 bits per heavy atom. The molecule has 0 saturated heterocycles. The number of benzene rings is 4. The molecular formula is C29H27Cl2N3O7S2. The second-order valence-electron chi connectivity index (χ2n) is 9.10. The molecule has 14 heteroatoms. The van der Waals surface area contributed by atoms with Crippen LogP contribution in [-0.4, -0.2) is 43.5 Å². The predicted octanol–water partition coefficient (Wildman–Crippen LogP) is 5.95. The first-order valence-corrected chi connectivity index (χ1v) is 16.2. The summed E-state index contributed by atoms with van der Waals surface area (Å²) >= 11 is 12.1. The second kappa shape index (κ2) is 13.1. The largest absolute Gasteiger partial charge is 0.493 e. The van der Waals surface area contributed by atoms with Crippen LogP contribution in [0.3, 0.4) is 0 Å². The van der Waals surface area contributed by atoms with E-state index < -0.39 is 32.5 Å². The Balaban J connectivity index is 1.56. The summed E-state index contributed by atoms with van der Waals surface area (Å²) in [4.78, 5) is 12.9. The van der Waals surface area contributed by atoms with Gasteiger partial charge in [0.25, 0.3) is 20.0 Å². The minimum atomic E-state index is -4.28. The number of carbonyl (C=O) groups excluding carboxylic acids is 1. The topological polar surface area (TPSA) is 131 Å². The van der Waals surface area contributed by atoms with Gasteiger partial charge in [-0.2, -0.15) is 0 Å². The molecule has 10 nitrogen and oxygen atoms in total. The number of sulfonamides is 2. The summed E-state index contributed by atoms with van der Waals surface area (Å²) in [5.74, 6) is -0.151. The Kier molecular flexibility index (Phi) is 9.75. The van der Waals surface area contributed by atoms with Crippen LogP contribution in [0.2, 0.25) is 10.0 Å². The number of ether oxygens (including phenoxy) is 2. The number of halogens is 2. The van der Waals surface area contributed by atoms with E-state index in [-0.39, 0.29) is 26.9 Å². The van der Waals surface area contributed by atoms with Crippen molar-refractivity contribution in [3.8, 4) is 11.5 Å². The second-order valence-corrected chi connectivity index (χ2v) is 13.5. The van der Waals surface area contributed by atoms with Crippen LogP contribution in [0.4, 0.5) is 17.1 Å². The van der Waals surface area contributed by atoms with Crippen molar-refractivity contribution in [2.45, 2.75) is 16.7 Å². The highest BCUT2D eigenvalue weighted by molar-refractivity contribution is 7.93. The molecule has 4 aromatic rings. The molecule has 0 bridgehead atoms. The quantitative estimate of drug-likeness (QED) is 0.203. The lowest BCUT2D eigenvalue weighted by atomic mass is 10.2. The number of amides is 1. The van der Waals surface area contributed by atoms with Gasteiger partial charge < -0.3 is 14.8 Å². The van der Waals surface area contributed by atoms with Crippen LogP contribution in [0, 0.1) is 6.92 Å². The van der Waals surface area contributed by atoms with Gasteiger partial charge in [-0.3, -0.25) is 13.8 Å². The number of methoxy groups -OCH3 is 2. The molecule has 226 valence electrons. The standard InChI is InChI=1S/C29H27Cl2N3O7S2/c1-19-25(31)5-4-6-26(19)33-42(36,37)23-13-9-21(10-14-23)32-29(35)18-34(22-11-7-20(30)8-12-22)43(38,39)24-15-16-27(40-2)28(17-24)41-3/h4-17,33H,18H2,1-3H3,(H,32,35). The smallest absolute Gasteiger partial charge is 0.264 e. The third-order valence-corrected chi connectivity index (χ3v) is 10.1. The van der Waals surface area contributed by atoms with Crippen LogP contribution in [0.1, 0.15) is 5.56 Å². The molecule has 1 amide bonds. The highest BCUT2D eigenvalue weighted by Gasteiger charge is 2.28. The van der Waals surface area contributed by atoms with Gasteiger partial charge in [0.2, 0.25) is 5.91 Å². The summed E-state index contributed by atoms with van der Waals surface area (Å²) in [6.07, 6.45) is 0. The lowest BCUT2D eigenvalue weighted by Crippen LogP contribution is -2.38. The molecule has 0 unspecified atom stereocenters. The van der Waals surface area contributed by atoms with Crippen molar-refractivity contribution in [1.29, 1.82) is 0 Å². The van der Waals surface area contributed by atoms with Gasteiger partial charge in [-0.15, -0.1) is 0 Å². The molecule has 0 fully saturated rings. The van der Waals surface area contributed by atoms with E-state index in [1.54, 1.807) is 25.1 Å². The maximum Gasteiger partial charge on any atom is 0.264 e. The fourth-order valence-corrected chi connectivity index (χ4v) is 6.86. The van der Waals surface area contributed by atoms with Crippen LogP contribution in [-0.2, 0) is 24.8 Å². The van der Waals surface area contributed by atoms with Crippen molar-refractivity contribution in [3.63, 3.8) is 0 Å². The first kappa shape index (κ1) is 32.0. The van der Waals surface area contributed by atoms with Crippen LogP contribution in [0.25, 0.3) is 0 Å². The Morgan fingerprint density at radius 1 is 0.814 bits per heavy atom. The lowest BCUT2D eigenvalue weighted by Gasteiger charge is -2.24. The zero-order valence-electron chi connectivity index (χ0n) is 23.2. The minimum absolute atomic E-state index is 0.0521. The number of hydrogen-bond acceptors (Lipinski definition) is 7. The molecule has 0 heterocycles. The highest BCUT2D eigenvalue weighted by Crippen LogP contribution is 2.33. The van der Waals surface area contributed by atoms with Crippen molar-refractivity contribution >= 4 is 66.2 Å². The molecule has 43 heavy (non-hydrogen) atoms. The molecule has 0 aromatic heterocycles. The van der Waals surface area contributed by atoms with Gasteiger partial charge in [-0.05, 0) is 85.3 Å². The summed E-state index contributed by atoms with van der Waals surface area (Å²) < 4.78 is 67.2. The average molecular weight is 665 g/mol. The Morgan fingerprint density at radius 2 is 1.44 bits per heavy atom. The van der Waals surface area contributed by atoms with Gasteiger partial charge in [0.1, 0.15) is 6.54 Å². The molecule has 0 atom stereocenters. The van der Waals surface area contributed by atoms with Gasteiger partial charge in [0, 0.05) is 21.8 Å². The molecular weight excluding hydrogens is 637 g/mol. The first-order chi connectivity index (χ1) is 20.3. The predicted molar refractivity (Wildman–Crippen MR) is 168 cm³/mol. The minimum Gasteiger partial charge on any atom is -0.493 e. The monoisotopic (exact) mass is 663 g/mol. The van der Waals surface area contributed by atoms with Gasteiger partial charge in [-0.25, -0.2) is 16.8 Å². The zero-order valence-corrected chi connectivity index (χ0v) is 26.3. The summed E-state index contributed by atoms with van der Waals surface area (Å²) in [5.41, 5.74) is 1.35. The van der Waals surface area contributed by atoms with Crippen molar-refractivity contribution in [1.82, 2.24) is 0 Å². The van der Waals surface area contributed by atoms with E-state index in [4.69, 9.17) is 32.7 Å². The fourth-order valence-electron chi connectivity index (χ4n) is 4.00. The molecule has 0 aliphatic carbocycles. The van der Waals surface area contributed by atoms with Crippen LogP contribution in [0.5, 0.6) is 11.5 Å². The maximum atomic E-state index is 13.8. The number of anilines is 3. The molecule has 2 N–H and O–H groups in total. The van der Waals surface area contributed by atoms with Crippen LogP contribution in [0.15, 0.2) is 94.7 Å². The summed E-state index contributed by atoms with van der Waals surface area (Å²) in [5, 5.41) is 3.41. The van der Waals surface area contributed by atoms with Gasteiger partial charge >= 0.3 is 0 Å². The number of rotatable bonds is 11. The van der Waals surface area contributed by atoms with Crippen molar-refractivity contribution in [2.24, 2.45) is 0 Å². The number of hydrogen-bond donors (Lipinski definition) is 2. The molecule has 0 saturated carbocycles. The van der Waals surface area contributed by atoms with E-state index in [2.05, 4.69) is 10.0 Å². The third kappa shape index (κ3) is 7.34. The van der Waals surface area contributed by atoms with Crippen LogP contribution >= 0.6 is 23.2 Å². The maximum absolute atomic E-state index is 13.8. The molecule has 0 spiro atoms. The fraction of sp³-hybridized carbons (Fsp3) is 0.138. The van der Waals surface area contributed by atoms with Crippen molar-refractivity contribution in [2.75, 3.05) is 35.1 Å². The number of carbonyl (C=O) groups is 1. The molecule has 0 aliphatic rings. The lowest BCUT2D eigenvalue weighted by molar-refractivity contribution is -0.114. The SMILES string of the molecule is COc1ccc(S(=O)(=O)N(CC(=O)Nc2ccc(S(=O)(=O)Nc3cccc(Cl)c3C)cc2)c2ccc(Cl)cc2)cc1OC. The Hall–Kier alpha value is -3.97. The number of nitrogens with zero attached hydrogens (tertiary/aromatic N) is 1. The average Bonchev–Trinajstić information content (AvgIpc) is 2.98. The molecule has 0 radical (unpaired) electrons. The van der Waals surface area contributed by atoms with Crippen LogP contribution < -0.4 is 23.8 Å². The van der Waals surface area contributed by atoms with E-state index in [1.807, 2.05) is 0 Å². The zero-order chi connectivity index (χ0) is 31.4. The van der Waals surface area contributed by atoms with Gasteiger partial charge in [0.15, 0.2) is 11.5 Å². The Bertz CT molecular complexity index is 1850. The van der Waals surface area contributed by atoms with Gasteiger partial charge in [-0.1, -0.05) is 29.3 Å². The van der Waals surface area contributed by atoms with E-state index in [0.29, 0.717) is 27.0 Å². The summed E-state index contributed by atoms with van der Waals surface area (Å²) in [6, 6.07) is 20.3. The third-order valence-electron chi connectivity index (χ3n) is 6.31.